The molecule has 2 aromatic rings. The minimum atomic E-state index is -0.301. The van der Waals surface area contributed by atoms with Crippen molar-refractivity contribution in [3.63, 3.8) is 0 Å². The van der Waals surface area contributed by atoms with Crippen LogP contribution in [-0.4, -0.2) is 10.2 Å². The third-order valence-corrected chi connectivity index (χ3v) is 4.93. The van der Waals surface area contributed by atoms with E-state index in [-0.39, 0.29) is 11.7 Å². The molecule has 1 aliphatic heterocycles. The number of amides is 1. The van der Waals surface area contributed by atoms with Gasteiger partial charge in [-0.05, 0) is 48.7 Å². The second-order valence-electron chi connectivity index (χ2n) is 5.31. The highest BCUT2D eigenvalue weighted by molar-refractivity contribution is 8.27. The number of carbonyl (C=O) groups excluding carboxylic acids is 1. The molecule has 0 bridgehead atoms. The first-order valence-corrected chi connectivity index (χ1v) is 8.29. The summed E-state index contributed by atoms with van der Waals surface area (Å²) in [6, 6.07) is 11.9. The first kappa shape index (κ1) is 15.9. The third kappa shape index (κ3) is 3.07. The number of nitrogens with zero attached hydrogens (tertiary/aromatic N) is 1. The monoisotopic (exact) mass is 343 g/mol. The van der Waals surface area contributed by atoms with E-state index >= 15 is 0 Å². The smallest absolute Gasteiger partial charge is 0.268 e. The summed E-state index contributed by atoms with van der Waals surface area (Å²) in [6.45, 7) is 3.93. The van der Waals surface area contributed by atoms with Crippen molar-refractivity contribution < 1.29 is 9.18 Å². The van der Waals surface area contributed by atoms with E-state index in [0.717, 1.165) is 22.4 Å². The molecule has 1 amide bonds. The molecule has 0 radical (unpaired) electrons. The van der Waals surface area contributed by atoms with Crippen LogP contribution < -0.4 is 4.90 Å². The van der Waals surface area contributed by atoms with Crippen LogP contribution in [0.25, 0.3) is 6.08 Å². The lowest BCUT2D eigenvalue weighted by Crippen LogP contribution is -2.29. The van der Waals surface area contributed by atoms with E-state index < -0.39 is 0 Å². The Bertz CT molecular complexity index is 807. The van der Waals surface area contributed by atoms with Gasteiger partial charge in [0.25, 0.3) is 5.91 Å². The average Bonchev–Trinajstić information content (AvgIpc) is 2.77. The van der Waals surface area contributed by atoms with Crippen molar-refractivity contribution in [3.8, 4) is 0 Å². The van der Waals surface area contributed by atoms with Gasteiger partial charge < -0.3 is 0 Å². The Kier molecular flexibility index (Phi) is 4.33. The number of thioether (sulfide) groups is 1. The summed E-state index contributed by atoms with van der Waals surface area (Å²) < 4.78 is 13.5. The molecule has 2 nitrogen and oxygen atoms in total. The molecule has 1 heterocycles. The van der Waals surface area contributed by atoms with Crippen molar-refractivity contribution in [2.24, 2.45) is 0 Å². The summed E-state index contributed by atoms with van der Waals surface area (Å²) in [5.74, 6) is -0.438. The quantitative estimate of drug-likeness (QED) is 0.574. The van der Waals surface area contributed by atoms with Gasteiger partial charge in [-0.1, -0.05) is 54.3 Å². The molecule has 2 aromatic carbocycles. The molecule has 1 fully saturated rings. The normalized spacial score (nSPS) is 16.5. The van der Waals surface area contributed by atoms with Gasteiger partial charge in [-0.15, -0.1) is 0 Å². The standard InChI is InChI=1S/C18H14FNOS2/c1-11-4-3-5-12(2)16(11)20-17(21)15(23-18(20)22)10-13-6-8-14(19)9-7-13/h3-10H,1-2H3. The molecule has 1 saturated heterocycles. The molecule has 0 N–H and O–H groups in total. The Morgan fingerprint density at radius 1 is 1.09 bits per heavy atom. The molecule has 0 atom stereocenters. The van der Waals surface area contributed by atoms with Gasteiger partial charge in [-0.2, -0.15) is 0 Å². The Hall–Kier alpha value is -1.98. The van der Waals surface area contributed by atoms with Gasteiger partial charge in [0.05, 0.1) is 10.6 Å². The van der Waals surface area contributed by atoms with Gasteiger partial charge in [0.15, 0.2) is 4.32 Å². The van der Waals surface area contributed by atoms with E-state index in [0.29, 0.717) is 9.23 Å². The summed E-state index contributed by atoms with van der Waals surface area (Å²) in [5.41, 5.74) is 3.62. The molecule has 23 heavy (non-hydrogen) atoms. The second kappa shape index (κ2) is 6.26. The Morgan fingerprint density at radius 2 is 1.70 bits per heavy atom. The fourth-order valence-corrected chi connectivity index (χ4v) is 3.80. The molecule has 0 unspecified atom stereocenters. The maximum absolute atomic E-state index is 13.0. The largest absolute Gasteiger partial charge is 0.270 e. The van der Waals surface area contributed by atoms with Crippen molar-refractivity contribution in [1.82, 2.24) is 0 Å². The molecule has 3 rings (SSSR count). The van der Waals surface area contributed by atoms with Crippen LogP contribution in [0.3, 0.4) is 0 Å². The van der Waals surface area contributed by atoms with E-state index in [1.807, 2.05) is 32.0 Å². The summed E-state index contributed by atoms with van der Waals surface area (Å²) in [4.78, 5) is 14.9. The zero-order valence-corrected chi connectivity index (χ0v) is 14.3. The van der Waals surface area contributed by atoms with Gasteiger partial charge in [0.2, 0.25) is 0 Å². The van der Waals surface area contributed by atoms with Crippen molar-refractivity contribution in [3.05, 3.63) is 69.9 Å². The van der Waals surface area contributed by atoms with E-state index in [1.54, 1.807) is 23.1 Å². The van der Waals surface area contributed by atoms with Crippen molar-refractivity contribution in [2.45, 2.75) is 13.8 Å². The first-order valence-electron chi connectivity index (χ1n) is 7.07. The van der Waals surface area contributed by atoms with E-state index in [1.165, 1.54) is 23.9 Å². The lowest BCUT2D eigenvalue weighted by atomic mass is 10.1. The molecular formula is C18H14FNOS2. The molecule has 116 valence electrons. The lowest BCUT2D eigenvalue weighted by Gasteiger charge is -2.19. The van der Waals surface area contributed by atoms with Crippen LogP contribution >= 0.6 is 24.0 Å². The van der Waals surface area contributed by atoms with E-state index in [9.17, 15) is 9.18 Å². The molecule has 0 spiro atoms. The predicted octanol–water partition coefficient (Wildman–Crippen LogP) is 4.85. The van der Waals surface area contributed by atoms with Gasteiger partial charge in [0.1, 0.15) is 5.82 Å². The molecule has 1 aliphatic rings. The maximum Gasteiger partial charge on any atom is 0.270 e. The number of rotatable bonds is 2. The fourth-order valence-electron chi connectivity index (χ4n) is 2.53. The zero-order valence-electron chi connectivity index (χ0n) is 12.7. The summed E-state index contributed by atoms with van der Waals surface area (Å²) in [7, 11) is 0. The van der Waals surface area contributed by atoms with Crippen LogP contribution in [0.4, 0.5) is 10.1 Å². The first-order chi connectivity index (χ1) is 11.0. The van der Waals surface area contributed by atoms with E-state index in [4.69, 9.17) is 12.2 Å². The average molecular weight is 343 g/mol. The minimum absolute atomic E-state index is 0.137. The minimum Gasteiger partial charge on any atom is -0.268 e. The lowest BCUT2D eigenvalue weighted by molar-refractivity contribution is -0.113. The van der Waals surface area contributed by atoms with Crippen LogP contribution in [0, 0.1) is 19.7 Å². The van der Waals surface area contributed by atoms with Crippen LogP contribution in [0.5, 0.6) is 0 Å². The number of thiocarbonyl (C=S) groups is 1. The van der Waals surface area contributed by atoms with Crippen LogP contribution in [-0.2, 0) is 4.79 Å². The van der Waals surface area contributed by atoms with Crippen LogP contribution in [0.15, 0.2) is 47.4 Å². The number of halogens is 1. The predicted molar refractivity (Wildman–Crippen MR) is 98.0 cm³/mol. The number of carbonyl (C=O) groups is 1. The van der Waals surface area contributed by atoms with Gasteiger partial charge in [0, 0.05) is 0 Å². The molecule has 5 heteroatoms. The van der Waals surface area contributed by atoms with E-state index in [2.05, 4.69) is 0 Å². The Labute approximate surface area is 144 Å². The Morgan fingerprint density at radius 3 is 2.30 bits per heavy atom. The maximum atomic E-state index is 13.0. The number of hydrogen-bond acceptors (Lipinski definition) is 3. The Balaban J connectivity index is 1.99. The van der Waals surface area contributed by atoms with Crippen LogP contribution in [0.1, 0.15) is 16.7 Å². The number of benzene rings is 2. The fraction of sp³-hybridized carbons (Fsp3) is 0.111. The summed E-state index contributed by atoms with van der Waals surface area (Å²) >= 11 is 6.67. The topological polar surface area (TPSA) is 20.3 Å². The summed E-state index contributed by atoms with van der Waals surface area (Å²) in [6.07, 6.45) is 1.74. The highest BCUT2D eigenvalue weighted by atomic mass is 32.2. The second-order valence-corrected chi connectivity index (χ2v) is 6.98. The molecule has 0 aromatic heterocycles. The molecule has 0 saturated carbocycles. The van der Waals surface area contributed by atoms with Gasteiger partial charge in [-0.25, -0.2) is 4.39 Å². The summed E-state index contributed by atoms with van der Waals surface area (Å²) in [5, 5.41) is 0. The third-order valence-electron chi connectivity index (χ3n) is 3.62. The van der Waals surface area contributed by atoms with Crippen molar-refractivity contribution in [1.29, 1.82) is 0 Å². The SMILES string of the molecule is Cc1cccc(C)c1N1C(=O)C(=Cc2ccc(F)cc2)SC1=S. The highest BCUT2D eigenvalue weighted by Gasteiger charge is 2.34. The number of para-hydroxylation sites is 1. The zero-order chi connectivity index (χ0) is 16.6. The van der Waals surface area contributed by atoms with Crippen molar-refractivity contribution in [2.75, 3.05) is 4.90 Å². The number of hydrogen-bond donors (Lipinski definition) is 0. The number of anilines is 1. The molecular weight excluding hydrogens is 329 g/mol. The van der Waals surface area contributed by atoms with Gasteiger partial charge in [-0.3, -0.25) is 9.69 Å². The van der Waals surface area contributed by atoms with Crippen LogP contribution in [0.2, 0.25) is 0 Å². The van der Waals surface area contributed by atoms with Gasteiger partial charge >= 0.3 is 0 Å². The molecule has 0 aliphatic carbocycles. The van der Waals surface area contributed by atoms with Crippen molar-refractivity contribution >= 4 is 46.0 Å². The number of aryl methyl sites for hydroxylation is 2. The highest BCUT2D eigenvalue weighted by Crippen LogP contribution is 2.38.